The van der Waals surface area contributed by atoms with Crippen LogP contribution in [0.3, 0.4) is 0 Å². The van der Waals surface area contributed by atoms with Crippen LogP contribution < -0.4 is 0 Å². The highest BCUT2D eigenvalue weighted by Crippen LogP contribution is 2.32. The van der Waals surface area contributed by atoms with Gasteiger partial charge in [0.15, 0.2) is 5.79 Å². The predicted molar refractivity (Wildman–Crippen MR) is 65.4 cm³/mol. The minimum atomic E-state index is -0.181. The number of rotatable bonds is 0. The molecule has 1 saturated heterocycles. The van der Waals surface area contributed by atoms with Crippen molar-refractivity contribution in [1.29, 1.82) is 0 Å². The molecule has 2 heteroatoms. The van der Waals surface area contributed by atoms with Gasteiger partial charge in [-0.25, -0.2) is 0 Å². The highest BCUT2D eigenvalue weighted by Gasteiger charge is 2.35. The fourth-order valence-corrected chi connectivity index (χ4v) is 2.94. The molecule has 2 aliphatic rings. The van der Waals surface area contributed by atoms with E-state index in [0.717, 1.165) is 26.1 Å². The summed E-state index contributed by atoms with van der Waals surface area (Å²) in [4.78, 5) is 0. The van der Waals surface area contributed by atoms with Gasteiger partial charge in [-0.1, -0.05) is 44.9 Å². The molecule has 1 heterocycles. The fraction of sp³-hybridized carbons (Fsp3) is 1.00. The second-order valence-corrected chi connectivity index (χ2v) is 5.29. The van der Waals surface area contributed by atoms with Crippen molar-refractivity contribution in [1.82, 2.24) is 0 Å². The first-order valence-corrected chi connectivity index (χ1v) is 7.19. The molecule has 0 aromatic rings. The SMILES string of the molecule is C1CCCCCC2(CCCCC1)OCCO2. The van der Waals surface area contributed by atoms with Gasteiger partial charge in [-0.15, -0.1) is 0 Å². The monoisotopic (exact) mass is 226 g/mol. The zero-order valence-electron chi connectivity index (χ0n) is 10.5. The average molecular weight is 226 g/mol. The van der Waals surface area contributed by atoms with Crippen LogP contribution in [0.2, 0.25) is 0 Å². The Balaban J connectivity index is 1.80. The Labute approximate surface area is 99.7 Å². The van der Waals surface area contributed by atoms with Crippen LogP contribution in [0.15, 0.2) is 0 Å². The van der Waals surface area contributed by atoms with Crippen LogP contribution >= 0.6 is 0 Å². The number of ether oxygens (including phenoxy) is 2. The molecular weight excluding hydrogens is 200 g/mol. The molecule has 0 amide bonds. The van der Waals surface area contributed by atoms with Gasteiger partial charge in [0, 0.05) is 12.8 Å². The van der Waals surface area contributed by atoms with Gasteiger partial charge in [-0.2, -0.15) is 0 Å². The van der Waals surface area contributed by atoms with Crippen molar-refractivity contribution in [2.24, 2.45) is 0 Å². The lowest BCUT2D eigenvalue weighted by Crippen LogP contribution is -2.30. The molecule has 0 unspecified atom stereocenters. The molecule has 0 aromatic carbocycles. The Bertz CT molecular complexity index is 171. The Hall–Kier alpha value is -0.0800. The summed E-state index contributed by atoms with van der Waals surface area (Å²) in [5.74, 6) is -0.181. The van der Waals surface area contributed by atoms with Gasteiger partial charge in [0.2, 0.25) is 0 Å². The average Bonchev–Trinajstić information content (AvgIpc) is 2.73. The third-order valence-electron chi connectivity index (χ3n) is 3.93. The summed E-state index contributed by atoms with van der Waals surface area (Å²) in [7, 11) is 0. The quantitative estimate of drug-likeness (QED) is 0.620. The zero-order valence-corrected chi connectivity index (χ0v) is 10.5. The molecule has 94 valence electrons. The Morgan fingerprint density at radius 2 is 0.875 bits per heavy atom. The fourth-order valence-electron chi connectivity index (χ4n) is 2.94. The van der Waals surface area contributed by atoms with Crippen molar-refractivity contribution in [2.45, 2.75) is 76.4 Å². The highest BCUT2D eigenvalue weighted by molar-refractivity contribution is 4.74. The molecule has 0 atom stereocenters. The lowest BCUT2D eigenvalue weighted by atomic mass is 9.97. The lowest BCUT2D eigenvalue weighted by Gasteiger charge is -2.27. The van der Waals surface area contributed by atoms with Gasteiger partial charge in [-0.05, 0) is 12.8 Å². The second-order valence-electron chi connectivity index (χ2n) is 5.29. The van der Waals surface area contributed by atoms with Gasteiger partial charge >= 0.3 is 0 Å². The van der Waals surface area contributed by atoms with Crippen LogP contribution in [0.25, 0.3) is 0 Å². The van der Waals surface area contributed by atoms with Crippen LogP contribution in [0, 0.1) is 0 Å². The smallest absolute Gasteiger partial charge is 0.168 e. The van der Waals surface area contributed by atoms with Gasteiger partial charge in [0.05, 0.1) is 13.2 Å². The zero-order chi connectivity index (χ0) is 11.1. The summed E-state index contributed by atoms with van der Waals surface area (Å²) < 4.78 is 11.7. The summed E-state index contributed by atoms with van der Waals surface area (Å²) in [5.41, 5.74) is 0. The van der Waals surface area contributed by atoms with E-state index in [1.54, 1.807) is 0 Å². The highest BCUT2D eigenvalue weighted by atomic mass is 16.7. The number of hydrogen-bond donors (Lipinski definition) is 0. The van der Waals surface area contributed by atoms with E-state index in [-0.39, 0.29) is 5.79 Å². The minimum Gasteiger partial charge on any atom is -0.348 e. The predicted octanol–water partition coefficient (Wildman–Crippen LogP) is 4.03. The minimum absolute atomic E-state index is 0.181. The topological polar surface area (TPSA) is 18.5 Å². The summed E-state index contributed by atoms with van der Waals surface area (Å²) in [6.45, 7) is 1.61. The molecule has 1 aliphatic carbocycles. The third kappa shape index (κ3) is 3.74. The largest absolute Gasteiger partial charge is 0.348 e. The molecule has 16 heavy (non-hydrogen) atoms. The summed E-state index contributed by atoms with van der Waals surface area (Å²) in [5, 5.41) is 0. The molecule has 1 saturated carbocycles. The van der Waals surface area contributed by atoms with Crippen LogP contribution in [-0.2, 0) is 9.47 Å². The van der Waals surface area contributed by atoms with E-state index in [1.807, 2.05) is 0 Å². The van der Waals surface area contributed by atoms with Crippen molar-refractivity contribution >= 4 is 0 Å². The van der Waals surface area contributed by atoms with Gasteiger partial charge in [0.1, 0.15) is 0 Å². The molecule has 0 aromatic heterocycles. The number of hydrogen-bond acceptors (Lipinski definition) is 2. The molecule has 1 spiro atoms. The lowest BCUT2D eigenvalue weighted by molar-refractivity contribution is -0.168. The molecular formula is C14H26O2. The van der Waals surface area contributed by atoms with Crippen LogP contribution in [-0.4, -0.2) is 19.0 Å². The van der Waals surface area contributed by atoms with Gasteiger partial charge in [-0.3, -0.25) is 0 Å². The molecule has 0 N–H and O–H groups in total. The summed E-state index contributed by atoms with van der Waals surface area (Å²) in [6.07, 6.45) is 14.6. The molecule has 0 radical (unpaired) electrons. The van der Waals surface area contributed by atoms with Gasteiger partial charge < -0.3 is 9.47 Å². The summed E-state index contributed by atoms with van der Waals surface area (Å²) >= 11 is 0. The van der Waals surface area contributed by atoms with Crippen LogP contribution in [0.5, 0.6) is 0 Å². The maximum absolute atomic E-state index is 5.86. The first kappa shape index (κ1) is 12.4. The normalized spacial score (nSPS) is 28.5. The Morgan fingerprint density at radius 1 is 0.500 bits per heavy atom. The maximum Gasteiger partial charge on any atom is 0.168 e. The van der Waals surface area contributed by atoms with Crippen molar-refractivity contribution in [3.05, 3.63) is 0 Å². The molecule has 2 rings (SSSR count). The third-order valence-corrected chi connectivity index (χ3v) is 3.93. The standard InChI is InChI=1S/C14H26O2/c1-2-4-6-8-10-14(15-12-13-16-14)11-9-7-5-3-1/h1-13H2. The first-order chi connectivity index (χ1) is 7.91. The Morgan fingerprint density at radius 3 is 1.31 bits per heavy atom. The van der Waals surface area contributed by atoms with Crippen molar-refractivity contribution in [2.75, 3.05) is 13.2 Å². The van der Waals surface area contributed by atoms with E-state index in [2.05, 4.69) is 0 Å². The first-order valence-electron chi connectivity index (χ1n) is 7.19. The second kappa shape index (κ2) is 6.61. The van der Waals surface area contributed by atoms with E-state index < -0.39 is 0 Å². The molecule has 2 fully saturated rings. The van der Waals surface area contributed by atoms with E-state index >= 15 is 0 Å². The summed E-state index contributed by atoms with van der Waals surface area (Å²) in [6, 6.07) is 0. The maximum atomic E-state index is 5.86. The molecule has 0 bridgehead atoms. The Kier molecular flexibility index (Phi) is 5.11. The van der Waals surface area contributed by atoms with E-state index in [4.69, 9.17) is 9.47 Å². The van der Waals surface area contributed by atoms with Crippen LogP contribution in [0.4, 0.5) is 0 Å². The van der Waals surface area contributed by atoms with Gasteiger partial charge in [0.25, 0.3) is 0 Å². The van der Waals surface area contributed by atoms with E-state index in [1.165, 1.54) is 57.8 Å². The van der Waals surface area contributed by atoms with E-state index in [9.17, 15) is 0 Å². The van der Waals surface area contributed by atoms with Crippen molar-refractivity contribution < 1.29 is 9.47 Å². The molecule has 1 aliphatic heterocycles. The van der Waals surface area contributed by atoms with E-state index in [0.29, 0.717) is 0 Å². The molecule has 2 nitrogen and oxygen atoms in total. The van der Waals surface area contributed by atoms with Crippen LogP contribution in [0.1, 0.15) is 70.6 Å². The van der Waals surface area contributed by atoms with Crippen molar-refractivity contribution in [3.63, 3.8) is 0 Å². The van der Waals surface area contributed by atoms with Crippen molar-refractivity contribution in [3.8, 4) is 0 Å².